The number of rotatable bonds is 4. The van der Waals surface area contributed by atoms with Gasteiger partial charge in [-0.25, -0.2) is 0 Å². The lowest BCUT2D eigenvalue weighted by molar-refractivity contribution is -0.176. The summed E-state index contributed by atoms with van der Waals surface area (Å²) in [5, 5.41) is 7.23. The predicted octanol–water partition coefficient (Wildman–Crippen LogP) is 1.59. The Hall–Kier alpha value is -0.810. The molecular weight excluding hydrogens is 276 g/mol. The van der Waals surface area contributed by atoms with Gasteiger partial charge in [-0.2, -0.15) is 0 Å². The zero-order chi connectivity index (χ0) is 16.0. The summed E-state index contributed by atoms with van der Waals surface area (Å²) in [5.41, 5.74) is 0.0642. The van der Waals surface area contributed by atoms with Gasteiger partial charge in [-0.1, -0.05) is 13.8 Å². The lowest BCUT2D eigenvalue weighted by Crippen LogP contribution is -2.69. The topological polar surface area (TPSA) is 48.9 Å². The molecule has 0 radical (unpaired) electrons. The number of hydrogen-bond acceptors (Lipinski definition) is 3. The van der Waals surface area contributed by atoms with Gasteiger partial charge in [0.2, 0.25) is 0 Å². The van der Waals surface area contributed by atoms with Crippen LogP contribution in [0.5, 0.6) is 0 Å². The zero-order valence-electron chi connectivity index (χ0n) is 14.8. The summed E-state index contributed by atoms with van der Waals surface area (Å²) in [4.78, 5) is 7.06. The molecule has 0 amide bonds. The van der Waals surface area contributed by atoms with Crippen molar-refractivity contribution in [2.45, 2.75) is 70.2 Å². The third-order valence-corrected chi connectivity index (χ3v) is 6.44. The van der Waals surface area contributed by atoms with Gasteiger partial charge in [-0.15, -0.1) is 0 Å². The summed E-state index contributed by atoms with van der Waals surface area (Å²) in [5.74, 6) is 0.943. The molecule has 2 saturated carbocycles. The van der Waals surface area contributed by atoms with E-state index < -0.39 is 0 Å². The Balaban J connectivity index is 1.51. The van der Waals surface area contributed by atoms with Crippen LogP contribution in [0.15, 0.2) is 4.99 Å². The Kier molecular flexibility index (Phi) is 4.14. The molecule has 0 bridgehead atoms. The minimum atomic E-state index is -0.0420. The second kappa shape index (κ2) is 5.68. The summed E-state index contributed by atoms with van der Waals surface area (Å²) in [6.07, 6.45) is 5.04. The highest BCUT2D eigenvalue weighted by molar-refractivity contribution is 5.80. The van der Waals surface area contributed by atoms with Crippen LogP contribution in [0, 0.1) is 5.41 Å². The van der Waals surface area contributed by atoms with Crippen molar-refractivity contribution in [2.24, 2.45) is 10.4 Å². The highest BCUT2D eigenvalue weighted by Gasteiger charge is 2.58. The van der Waals surface area contributed by atoms with Crippen molar-refractivity contribution in [3.63, 3.8) is 0 Å². The van der Waals surface area contributed by atoms with Gasteiger partial charge >= 0.3 is 0 Å². The first kappa shape index (κ1) is 16.1. The molecule has 0 aromatic rings. The van der Waals surface area contributed by atoms with Crippen molar-refractivity contribution >= 4 is 5.96 Å². The lowest BCUT2D eigenvalue weighted by Gasteiger charge is -2.59. The fraction of sp³-hybridized carbons (Fsp3) is 0.941. The Morgan fingerprint density at radius 2 is 1.91 bits per heavy atom. The monoisotopic (exact) mass is 308 g/mol. The average molecular weight is 308 g/mol. The molecule has 3 atom stereocenters. The van der Waals surface area contributed by atoms with Crippen LogP contribution in [-0.2, 0) is 4.74 Å². The number of methoxy groups -OCH3 is 1. The van der Waals surface area contributed by atoms with Crippen LogP contribution >= 0.6 is 0 Å². The molecule has 1 aliphatic heterocycles. The summed E-state index contributed by atoms with van der Waals surface area (Å²) < 4.78 is 5.71. The first-order chi connectivity index (χ1) is 10.4. The molecule has 1 heterocycles. The van der Waals surface area contributed by atoms with Crippen LogP contribution in [-0.4, -0.2) is 61.8 Å². The van der Waals surface area contributed by atoms with Crippen molar-refractivity contribution in [1.29, 1.82) is 0 Å². The number of aliphatic imine (C=N–C) groups is 1. The minimum Gasteiger partial charge on any atom is -0.378 e. The quantitative estimate of drug-likeness (QED) is 0.612. The standard InChI is InChI=1S/C17H32N4O/c1-16(2)14(10-17(16,3)22-5)20-15(18-4)19-12-8-9-21(11-12)13-6-7-13/h12-14H,6-11H2,1-5H3,(H2,18,19,20). The normalized spacial score (nSPS) is 38.7. The highest BCUT2D eigenvalue weighted by Crippen LogP contribution is 2.51. The lowest BCUT2D eigenvalue weighted by atomic mass is 9.56. The number of likely N-dealkylation sites (tertiary alicyclic amines) is 1. The maximum absolute atomic E-state index is 5.71. The van der Waals surface area contributed by atoms with Crippen LogP contribution in [0.4, 0.5) is 0 Å². The first-order valence-corrected chi connectivity index (χ1v) is 8.68. The van der Waals surface area contributed by atoms with Gasteiger partial charge < -0.3 is 15.4 Å². The molecule has 3 unspecified atom stereocenters. The van der Waals surface area contributed by atoms with E-state index in [1.807, 2.05) is 14.2 Å². The summed E-state index contributed by atoms with van der Waals surface area (Å²) in [6, 6.07) is 1.81. The number of nitrogens with zero attached hydrogens (tertiary/aromatic N) is 2. The van der Waals surface area contributed by atoms with Crippen LogP contribution in [0.3, 0.4) is 0 Å². The van der Waals surface area contributed by atoms with Crippen LogP contribution in [0.2, 0.25) is 0 Å². The molecule has 0 aromatic heterocycles. The van der Waals surface area contributed by atoms with Gasteiger partial charge in [-0.05, 0) is 32.6 Å². The van der Waals surface area contributed by atoms with Gasteiger partial charge in [0.1, 0.15) is 0 Å². The van der Waals surface area contributed by atoms with Crippen molar-refractivity contribution in [2.75, 3.05) is 27.2 Å². The Bertz CT molecular complexity index is 446. The van der Waals surface area contributed by atoms with Crippen molar-refractivity contribution in [3.8, 4) is 0 Å². The molecule has 3 fully saturated rings. The molecule has 5 nitrogen and oxygen atoms in total. The molecular formula is C17H32N4O. The van der Waals surface area contributed by atoms with Crippen molar-refractivity contribution in [3.05, 3.63) is 0 Å². The first-order valence-electron chi connectivity index (χ1n) is 8.68. The SMILES string of the molecule is CN=C(NC1CCN(C2CC2)C1)NC1CC(C)(OC)C1(C)C. The molecule has 1 saturated heterocycles. The number of nitrogens with one attached hydrogen (secondary N) is 2. The van der Waals surface area contributed by atoms with E-state index in [2.05, 4.69) is 41.3 Å². The third-order valence-electron chi connectivity index (χ3n) is 6.44. The van der Waals surface area contributed by atoms with Gasteiger partial charge in [0.15, 0.2) is 5.96 Å². The van der Waals surface area contributed by atoms with Gasteiger partial charge in [0.25, 0.3) is 0 Å². The molecule has 3 aliphatic rings. The van der Waals surface area contributed by atoms with E-state index in [4.69, 9.17) is 4.74 Å². The van der Waals surface area contributed by atoms with E-state index in [1.165, 1.54) is 25.8 Å². The molecule has 22 heavy (non-hydrogen) atoms. The second-order valence-corrected chi connectivity index (χ2v) is 7.99. The highest BCUT2D eigenvalue weighted by atomic mass is 16.5. The summed E-state index contributed by atoms with van der Waals surface area (Å²) in [6.45, 7) is 9.14. The third kappa shape index (κ3) is 2.73. The fourth-order valence-electron chi connectivity index (χ4n) is 3.93. The van der Waals surface area contributed by atoms with Crippen LogP contribution in [0.1, 0.15) is 46.5 Å². The van der Waals surface area contributed by atoms with Crippen LogP contribution < -0.4 is 10.6 Å². The number of hydrogen-bond donors (Lipinski definition) is 2. The minimum absolute atomic E-state index is 0.0420. The van der Waals surface area contributed by atoms with E-state index in [0.717, 1.165) is 25.0 Å². The van der Waals surface area contributed by atoms with E-state index in [-0.39, 0.29) is 11.0 Å². The van der Waals surface area contributed by atoms with Gasteiger partial charge in [0, 0.05) is 50.8 Å². The molecule has 3 rings (SSSR count). The maximum atomic E-state index is 5.71. The van der Waals surface area contributed by atoms with Gasteiger partial charge in [0.05, 0.1) is 5.60 Å². The number of guanidine groups is 1. The molecule has 5 heteroatoms. The largest absolute Gasteiger partial charge is 0.378 e. The average Bonchev–Trinajstić information content (AvgIpc) is 3.25. The predicted molar refractivity (Wildman–Crippen MR) is 90.2 cm³/mol. The molecule has 126 valence electrons. The Labute approximate surface area is 134 Å². The van der Waals surface area contributed by atoms with Crippen LogP contribution in [0.25, 0.3) is 0 Å². The second-order valence-electron chi connectivity index (χ2n) is 7.99. The van der Waals surface area contributed by atoms with E-state index in [9.17, 15) is 0 Å². The Morgan fingerprint density at radius 1 is 1.18 bits per heavy atom. The zero-order valence-corrected chi connectivity index (χ0v) is 14.8. The van der Waals surface area contributed by atoms with E-state index in [0.29, 0.717) is 12.1 Å². The van der Waals surface area contributed by atoms with E-state index >= 15 is 0 Å². The smallest absolute Gasteiger partial charge is 0.191 e. The van der Waals surface area contributed by atoms with E-state index in [1.54, 1.807) is 0 Å². The summed E-state index contributed by atoms with van der Waals surface area (Å²) >= 11 is 0. The van der Waals surface area contributed by atoms with Crippen molar-refractivity contribution < 1.29 is 4.74 Å². The summed E-state index contributed by atoms with van der Waals surface area (Å²) in [7, 11) is 3.68. The fourth-order valence-corrected chi connectivity index (χ4v) is 3.93. The number of ether oxygens (including phenoxy) is 1. The molecule has 0 spiro atoms. The Morgan fingerprint density at radius 3 is 2.45 bits per heavy atom. The van der Waals surface area contributed by atoms with Crippen molar-refractivity contribution in [1.82, 2.24) is 15.5 Å². The van der Waals surface area contributed by atoms with Gasteiger partial charge in [-0.3, -0.25) is 9.89 Å². The molecule has 2 N–H and O–H groups in total. The molecule has 0 aromatic carbocycles. The maximum Gasteiger partial charge on any atom is 0.191 e. The molecule has 2 aliphatic carbocycles.